The van der Waals surface area contributed by atoms with Crippen LogP contribution in [0.25, 0.3) is 0 Å². The van der Waals surface area contributed by atoms with E-state index in [4.69, 9.17) is 10.00 Å². The highest BCUT2D eigenvalue weighted by molar-refractivity contribution is 5.36. The average molecular weight is 235 g/mol. The molecular formula is C13H14FNO2. The van der Waals surface area contributed by atoms with E-state index >= 15 is 0 Å². The largest absolute Gasteiger partial charge is 0.485 e. The second kappa shape index (κ2) is 5.15. The molecular weight excluding hydrogens is 221 g/mol. The van der Waals surface area contributed by atoms with Gasteiger partial charge in [-0.25, -0.2) is 4.39 Å². The van der Waals surface area contributed by atoms with Crippen molar-refractivity contribution in [3.8, 4) is 11.8 Å². The summed E-state index contributed by atoms with van der Waals surface area (Å²) in [5.41, 5.74) is 0.263. The molecule has 2 rings (SSSR count). The molecule has 0 heterocycles. The maximum atomic E-state index is 13.6. The molecule has 0 spiro atoms. The van der Waals surface area contributed by atoms with Gasteiger partial charge >= 0.3 is 0 Å². The summed E-state index contributed by atoms with van der Waals surface area (Å²) in [5, 5.41) is 18.3. The van der Waals surface area contributed by atoms with Crippen molar-refractivity contribution in [2.75, 3.05) is 0 Å². The molecule has 17 heavy (non-hydrogen) atoms. The lowest BCUT2D eigenvalue weighted by atomic mass is 9.95. The number of nitriles is 1. The predicted octanol–water partition coefficient (Wildman–Crippen LogP) is 2.38. The van der Waals surface area contributed by atoms with Crippen LogP contribution in [0.1, 0.15) is 31.2 Å². The number of rotatable bonds is 2. The fraction of sp³-hybridized carbons (Fsp3) is 0.462. The number of aliphatic hydroxyl groups is 1. The van der Waals surface area contributed by atoms with Crippen molar-refractivity contribution in [1.82, 2.24) is 0 Å². The fourth-order valence-electron chi connectivity index (χ4n) is 2.04. The molecule has 0 amide bonds. The molecule has 2 unspecified atom stereocenters. The number of benzene rings is 1. The molecule has 1 N–H and O–H groups in total. The van der Waals surface area contributed by atoms with Gasteiger partial charge in [-0.3, -0.25) is 0 Å². The third-order valence-corrected chi connectivity index (χ3v) is 3.01. The molecule has 3 nitrogen and oxygen atoms in total. The number of halogens is 1. The molecule has 0 radical (unpaired) electrons. The van der Waals surface area contributed by atoms with E-state index in [1.165, 1.54) is 12.1 Å². The lowest BCUT2D eigenvalue weighted by Crippen LogP contribution is -2.34. The van der Waals surface area contributed by atoms with Crippen LogP contribution in [0.3, 0.4) is 0 Å². The van der Waals surface area contributed by atoms with Crippen LogP contribution in [0.2, 0.25) is 0 Å². The van der Waals surface area contributed by atoms with Gasteiger partial charge in [-0.2, -0.15) is 5.26 Å². The van der Waals surface area contributed by atoms with Crippen LogP contribution in [0.4, 0.5) is 4.39 Å². The Bertz CT molecular complexity index is 442. The Kier molecular flexibility index (Phi) is 3.60. The van der Waals surface area contributed by atoms with Gasteiger partial charge in [0.25, 0.3) is 0 Å². The van der Waals surface area contributed by atoms with E-state index in [1.807, 2.05) is 6.07 Å². The van der Waals surface area contributed by atoms with Gasteiger partial charge in [0.15, 0.2) is 11.6 Å². The summed E-state index contributed by atoms with van der Waals surface area (Å²) in [7, 11) is 0. The zero-order chi connectivity index (χ0) is 12.3. The molecule has 0 bridgehead atoms. The standard InChI is InChI=1S/C13H14FNO2/c14-10-7-9(8-15)5-6-12(10)17-13-4-2-1-3-11(13)16/h5-7,11,13,16H,1-4H2. The molecule has 1 aromatic carbocycles. The van der Waals surface area contributed by atoms with Crippen molar-refractivity contribution in [2.24, 2.45) is 0 Å². The van der Waals surface area contributed by atoms with Gasteiger partial charge in [-0.1, -0.05) is 6.42 Å². The summed E-state index contributed by atoms with van der Waals surface area (Å²) in [6, 6.07) is 5.95. The maximum absolute atomic E-state index is 13.6. The van der Waals surface area contributed by atoms with Crippen LogP contribution >= 0.6 is 0 Å². The third kappa shape index (κ3) is 2.75. The molecule has 90 valence electrons. The van der Waals surface area contributed by atoms with Crippen LogP contribution in [-0.2, 0) is 0 Å². The van der Waals surface area contributed by atoms with Crippen molar-refractivity contribution in [3.63, 3.8) is 0 Å². The third-order valence-electron chi connectivity index (χ3n) is 3.01. The minimum atomic E-state index is -0.554. The molecule has 0 saturated heterocycles. The molecule has 1 saturated carbocycles. The van der Waals surface area contributed by atoms with Crippen molar-refractivity contribution in [2.45, 2.75) is 37.9 Å². The topological polar surface area (TPSA) is 53.2 Å². The lowest BCUT2D eigenvalue weighted by Gasteiger charge is -2.28. The normalized spacial score (nSPS) is 24.1. The highest BCUT2D eigenvalue weighted by Crippen LogP contribution is 2.26. The van der Waals surface area contributed by atoms with E-state index in [2.05, 4.69) is 0 Å². The first-order valence-electron chi connectivity index (χ1n) is 5.75. The van der Waals surface area contributed by atoms with Crippen LogP contribution in [0.15, 0.2) is 18.2 Å². The van der Waals surface area contributed by atoms with Gasteiger partial charge in [0.1, 0.15) is 6.10 Å². The molecule has 1 aliphatic rings. The summed E-state index contributed by atoms with van der Waals surface area (Å²) >= 11 is 0. The number of ether oxygens (including phenoxy) is 1. The highest BCUT2D eigenvalue weighted by Gasteiger charge is 2.25. The van der Waals surface area contributed by atoms with E-state index < -0.39 is 11.9 Å². The number of hydrogen-bond acceptors (Lipinski definition) is 3. The van der Waals surface area contributed by atoms with Crippen LogP contribution in [0.5, 0.6) is 5.75 Å². The SMILES string of the molecule is N#Cc1ccc(OC2CCCCC2O)c(F)c1. The summed E-state index contributed by atoms with van der Waals surface area (Å²) in [5.74, 6) is -0.447. The number of hydrogen-bond donors (Lipinski definition) is 1. The van der Waals surface area contributed by atoms with Crippen molar-refractivity contribution >= 4 is 0 Å². The summed E-state index contributed by atoms with van der Waals surface area (Å²) in [4.78, 5) is 0. The van der Waals surface area contributed by atoms with E-state index in [0.29, 0.717) is 6.42 Å². The molecule has 2 atom stereocenters. The summed E-state index contributed by atoms with van der Waals surface area (Å²) in [6.07, 6.45) is 2.53. The van der Waals surface area contributed by atoms with Crippen LogP contribution in [0, 0.1) is 17.1 Å². The Labute approximate surface area is 99.4 Å². The molecule has 1 aliphatic carbocycles. The van der Waals surface area contributed by atoms with Gasteiger partial charge < -0.3 is 9.84 Å². The first kappa shape index (κ1) is 11.9. The van der Waals surface area contributed by atoms with Gasteiger partial charge in [-0.15, -0.1) is 0 Å². The second-order valence-electron chi connectivity index (χ2n) is 4.27. The van der Waals surface area contributed by atoms with Gasteiger partial charge in [0, 0.05) is 0 Å². The monoisotopic (exact) mass is 235 g/mol. The van der Waals surface area contributed by atoms with Crippen molar-refractivity contribution in [3.05, 3.63) is 29.6 Å². The Balaban J connectivity index is 2.10. The second-order valence-corrected chi connectivity index (χ2v) is 4.27. The first-order chi connectivity index (χ1) is 8.20. The van der Waals surface area contributed by atoms with E-state index in [-0.39, 0.29) is 17.4 Å². The quantitative estimate of drug-likeness (QED) is 0.856. The van der Waals surface area contributed by atoms with Gasteiger partial charge in [-0.05, 0) is 37.5 Å². The summed E-state index contributed by atoms with van der Waals surface area (Å²) in [6.45, 7) is 0. The Morgan fingerprint density at radius 3 is 2.76 bits per heavy atom. The zero-order valence-electron chi connectivity index (χ0n) is 9.40. The van der Waals surface area contributed by atoms with Crippen LogP contribution in [-0.4, -0.2) is 17.3 Å². The Morgan fingerprint density at radius 1 is 1.35 bits per heavy atom. The van der Waals surface area contributed by atoms with E-state index in [0.717, 1.165) is 25.3 Å². The minimum Gasteiger partial charge on any atom is -0.485 e. The maximum Gasteiger partial charge on any atom is 0.166 e. The molecule has 1 aromatic rings. The van der Waals surface area contributed by atoms with Gasteiger partial charge in [0.2, 0.25) is 0 Å². The Hall–Kier alpha value is -1.60. The predicted molar refractivity (Wildman–Crippen MR) is 60.0 cm³/mol. The minimum absolute atomic E-state index is 0.106. The van der Waals surface area contributed by atoms with Gasteiger partial charge in [0.05, 0.1) is 17.7 Å². The van der Waals surface area contributed by atoms with E-state index in [1.54, 1.807) is 0 Å². The first-order valence-corrected chi connectivity index (χ1v) is 5.75. The number of nitrogens with zero attached hydrogens (tertiary/aromatic N) is 1. The lowest BCUT2D eigenvalue weighted by molar-refractivity contribution is 0.00499. The van der Waals surface area contributed by atoms with Crippen molar-refractivity contribution in [1.29, 1.82) is 5.26 Å². The fourth-order valence-corrected chi connectivity index (χ4v) is 2.04. The van der Waals surface area contributed by atoms with E-state index in [9.17, 15) is 9.50 Å². The van der Waals surface area contributed by atoms with Crippen molar-refractivity contribution < 1.29 is 14.2 Å². The zero-order valence-corrected chi connectivity index (χ0v) is 9.40. The molecule has 0 aromatic heterocycles. The molecule has 1 fully saturated rings. The smallest absolute Gasteiger partial charge is 0.166 e. The molecule has 4 heteroatoms. The Morgan fingerprint density at radius 2 is 2.12 bits per heavy atom. The molecule has 0 aliphatic heterocycles. The average Bonchev–Trinajstić information content (AvgIpc) is 2.34. The number of aliphatic hydroxyl groups excluding tert-OH is 1. The van der Waals surface area contributed by atoms with Crippen LogP contribution < -0.4 is 4.74 Å². The highest BCUT2D eigenvalue weighted by atomic mass is 19.1. The summed E-state index contributed by atoms with van der Waals surface area (Å²) < 4.78 is 19.0.